The molecule has 5 rings (SSSR count). The lowest BCUT2D eigenvalue weighted by molar-refractivity contribution is -0.314. The number of unbranched alkanes of at least 4 members (excludes halogenated alkanes) is 2. The third kappa shape index (κ3) is 28.6. The zero-order chi connectivity index (χ0) is 77.9. The van der Waals surface area contributed by atoms with Crippen LogP contribution in [-0.2, 0) is 67.0 Å². The lowest BCUT2D eigenvalue weighted by Gasteiger charge is -2.63. The third-order valence-corrected chi connectivity index (χ3v) is 22.4. The summed E-state index contributed by atoms with van der Waals surface area (Å²) in [6, 6.07) is -3.34. The van der Waals surface area contributed by atoms with Gasteiger partial charge in [0.15, 0.2) is 0 Å². The number of nitrogens with one attached hydrogen (secondary N) is 3. The summed E-state index contributed by atoms with van der Waals surface area (Å²) in [5.74, 6) is -16.4. The maximum absolute atomic E-state index is 13.9. The van der Waals surface area contributed by atoms with Crippen LogP contribution in [0.2, 0.25) is 0 Å². The van der Waals surface area contributed by atoms with Crippen LogP contribution in [0.1, 0.15) is 130 Å². The summed E-state index contributed by atoms with van der Waals surface area (Å²) in [4.78, 5) is 149. The number of carbonyl (C=O) groups excluding carboxylic acids is 9. The van der Waals surface area contributed by atoms with Crippen LogP contribution in [0.15, 0.2) is 0 Å². The van der Waals surface area contributed by atoms with E-state index < -0.39 is 178 Å². The highest BCUT2D eigenvalue weighted by molar-refractivity contribution is 5.74. The molecule has 8 unspecified atom stereocenters. The smallest absolute Gasteiger partial charge is 0.407 e. The van der Waals surface area contributed by atoms with E-state index in [1.54, 1.807) is 0 Å². The van der Waals surface area contributed by atoms with Gasteiger partial charge in [-0.2, -0.15) is 0 Å². The number of nitrogens with zero attached hydrogens (tertiary/aromatic N) is 6. The molecule has 37 heteroatoms. The Morgan fingerprint density at radius 1 is 0.495 bits per heavy atom. The fraction of sp³-hybridized carbons (Fsp3) is 0.824. The van der Waals surface area contributed by atoms with Crippen LogP contribution in [0.4, 0.5) is 4.79 Å². The molecule has 598 valence electrons. The first kappa shape index (κ1) is 88.6. The van der Waals surface area contributed by atoms with E-state index in [4.69, 9.17) is 14.2 Å². The van der Waals surface area contributed by atoms with E-state index >= 15 is 0 Å². The minimum absolute atomic E-state index is 0.00310. The van der Waals surface area contributed by atoms with Crippen molar-refractivity contribution in [2.45, 2.75) is 179 Å². The molecule has 105 heavy (non-hydrogen) atoms. The van der Waals surface area contributed by atoms with Crippen LogP contribution in [0.5, 0.6) is 0 Å². The van der Waals surface area contributed by atoms with Gasteiger partial charge in [-0.3, -0.25) is 54.4 Å². The Balaban J connectivity index is 1.23. The van der Waals surface area contributed by atoms with E-state index in [1.165, 1.54) is 9.80 Å². The van der Waals surface area contributed by atoms with Crippen molar-refractivity contribution in [2.75, 3.05) is 131 Å². The molecule has 0 aromatic carbocycles. The lowest BCUT2D eigenvalue weighted by Crippen LogP contribution is -2.62. The maximum Gasteiger partial charge on any atom is 0.407 e. The molecular formula is C68H105N9O28-8. The first-order valence-electron chi connectivity index (χ1n) is 36.1. The maximum atomic E-state index is 13.9. The van der Waals surface area contributed by atoms with Crippen LogP contribution in [0.25, 0.3) is 0 Å². The molecule has 0 bridgehead atoms. The van der Waals surface area contributed by atoms with Crippen LogP contribution < -0.4 is 56.8 Å². The number of aliphatic hydroxyl groups is 2. The Morgan fingerprint density at radius 2 is 0.914 bits per heavy atom. The first-order chi connectivity index (χ1) is 49.5. The zero-order valence-corrected chi connectivity index (χ0v) is 60.1. The zero-order valence-electron chi connectivity index (χ0n) is 60.1. The Morgan fingerprint density at radius 3 is 1.30 bits per heavy atom. The normalized spacial score (nSPS) is 26.6. The number of aliphatic hydroxyl groups excluding tert-OH is 2. The standard InChI is InChI=1S/C68H113N9O28/c1-41(10-13-54(80)81)45-11-12-46-63-47(30-53(79)68(45,46)3)67(2)15-14-44(26-42(67)27-50(63)78)105-66(102)71-43-28-51(103-39-69-16-6-4-8-48(64(98)99)76(22-18-72(31-55(82)83)32-56(84)85)23-19-73(33-57(86)87)34-58(88)89)52(29-43)104-40-70-17-7-5-9-49(65(100)101)77(24-20-74(35-59(90)91)36-60(92)93)25-21-75(37-61(94)95)38-62(96)97/h41-53,63,69-70,78-79H,4-40H2,1-3H3,(H,71,102)(H,80,81)(H,82,83)(H,84,85)(H,86,87)(H,88,89)(H,90,91)(H,92,93)(H,94,95)(H,96,97)(H,98,99)(H,100,101)/p-8/t41?,42-,43?,44+,45+,46?,47?,48-,49-,50+,51?,52?,53?,63?,67-,68+/m0/s1. The predicted octanol–water partition coefficient (Wildman–Crippen LogP) is -10.7. The molecule has 1 amide bonds. The molecule has 0 aromatic rings. The second-order valence-corrected chi connectivity index (χ2v) is 29.4. The summed E-state index contributed by atoms with van der Waals surface area (Å²) in [7, 11) is 0. The topological polar surface area (TPSA) is 574 Å². The van der Waals surface area contributed by atoms with Gasteiger partial charge in [0.1, 0.15) is 6.10 Å². The molecule has 5 aliphatic rings. The number of carboxylic acid groups (broad SMARTS) is 11. The lowest BCUT2D eigenvalue weighted by atomic mass is 9.43. The number of amides is 1. The molecule has 0 spiro atoms. The van der Waals surface area contributed by atoms with Gasteiger partial charge in [-0.25, -0.2) is 4.79 Å². The van der Waals surface area contributed by atoms with Crippen molar-refractivity contribution in [3.05, 3.63) is 0 Å². The molecule has 16 atom stereocenters. The molecule has 0 heterocycles. The van der Waals surface area contributed by atoms with Crippen molar-refractivity contribution in [3.8, 4) is 0 Å². The summed E-state index contributed by atoms with van der Waals surface area (Å²) < 4.78 is 18.7. The number of ether oxygens (including phenoxy) is 3. The largest absolute Gasteiger partial charge is 0.550 e. The van der Waals surface area contributed by atoms with Gasteiger partial charge >= 0.3 is 24.0 Å². The molecular weight excluding hydrogens is 1390 g/mol. The van der Waals surface area contributed by atoms with Crippen molar-refractivity contribution in [3.63, 3.8) is 0 Å². The van der Waals surface area contributed by atoms with E-state index in [-0.39, 0.29) is 165 Å². The SMILES string of the molecule is CC(CCC(=O)[O-])[C@H]1CCC2C3C(CC(O)[C@@]21C)[C@@]1(C)CC[C@@H](OC(=O)NC2CC(OCNCCCC[C@@H](C(=O)[O-])N(CCN(CC(=O)[O-])CC(=O)[O-])CCN(CC(=O)[O-])CC(=O)O)C(OCNCCCC[C@@H](C(=O)[O-])N(CCN(CC(=O)[O-])CC(=O)O)CCN(CC(=O)[O-])CC(=O)O)C2)C[C@H]1C[C@H]3O. The number of hydrogen-bond acceptors (Lipinski definition) is 33. The van der Waals surface area contributed by atoms with Gasteiger partial charge in [0.25, 0.3) is 0 Å². The second-order valence-electron chi connectivity index (χ2n) is 29.4. The third-order valence-electron chi connectivity index (χ3n) is 22.4. The Labute approximate surface area is 609 Å². The van der Waals surface area contributed by atoms with Gasteiger partial charge in [-0.15, -0.1) is 0 Å². The van der Waals surface area contributed by atoms with Crippen LogP contribution in [0, 0.1) is 46.3 Å². The monoisotopic (exact) mass is 1500 g/mol. The second kappa shape index (κ2) is 43.1. The number of hydrogen-bond donors (Lipinski definition) is 8. The van der Waals surface area contributed by atoms with Gasteiger partial charge in [0.05, 0.1) is 99.3 Å². The van der Waals surface area contributed by atoms with E-state index in [9.17, 15) is 124 Å². The quantitative estimate of drug-likeness (QED) is 0.0207. The summed E-state index contributed by atoms with van der Waals surface area (Å²) in [5.41, 5.74) is -0.763. The fourth-order valence-corrected chi connectivity index (χ4v) is 17.4. The average Bonchev–Trinajstić information content (AvgIpc) is 1.52. The van der Waals surface area contributed by atoms with E-state index in [0.29, 0.717) is 51.4 Å². The number of carboxylic acids is 11. The number of alkyl carbamates (subject to hydrolysis) is 1. The molecule has 5 saturated carbocycles. The summed E-state index contributed by atoms with van der Waals surface area (Å²) >= 11 is 0. The number of aliphatic carboxylic acids is 11. The molecule has 37 nitrogen and oxygen atoms in total. The first-order valence-corrected chi connectivity index (χ1v) is 36.1. The molecule has 5 fully saturated rings. The average molecular weight is 1500 g/mol. The molecule has 0 radical (unpaired) electrons. The fourth-order valence-electron chi connectivity index (χ4n) is 17.4. The Bertz CT molecular complexity index is 2630. The minimum atomic E-state index is -1.63. The summed E-state index contributed by atoms with van der Waals surface area (Å²) in [6.45, 7) is -2.03. The van der Waals surface area contributed by atoms with Gasteiger partial charge < -0.3 is 124 Å². The minimum Gasteiger partial charge on any atom is -0.550 e. The molecule has 0 aliphatic heterocycles. The van der Waals surface area contributed by atoms with Crippen molar-refractivity contribution < 1.29 is 138 Å². The number of rotatable bonds is 54. The number of fused-ring (bicyclic) bond motifs is 5. The molecule has 0 saturated heterocycles. The highest BCUT2D eigenvalue weighted by Gasteiger charge is 2.66. The van der Waals surface area contributed by atoms with Gasteiger partial charge in [0.2, 0.25) is 0 Å². The van der Waals surface area contributed by atoms with E-state index in [0.717, 1.165) is 32.4 Å². The summed E-state index contributed by atoms with van der Waals surface area (Å²) in [6.07, 6.45) is 2.33. The van der Waals surface area contributed by atoms with Crippen LogP contribution in [-0.4, -0.2) is 307 Å². The van der Waals surface area contributed by atoms with Gasteiger partial charge in [-0.05, 0) is 156 Å². The van der Waals surface area contributed by atoms with E-state index in [1.807, 2.05) is 6.92 Å². The molecule has 8 N–H and O–H groups in total. The van der Waals surface area contributed by atoms with E-state index in [2.05, 4.69) is 29.8 Å². The predicted molar refractivity (Wildman–Crippen MR) is 345 cm³/mol. The van der Waals surface area contributed by atoms with Crippen molar-refractivity contribution in [1.82, 2.24) is 45.3 Å². The highest BCUT2D eigenvalue weighted by Crippen LogP contribution is 2.68. The Hall–Kier alpha value is -7.04. The molecule has 5 aliphatic carbocycles. The molecule has 0 aromatic heterocycles. The number of carbonyl (C=O) groups is 12. The van der Waals surface area contributed by atoms with Crippen LogP contribution >= 0.6 is 0 Å². The highest BCUT2D eigenvalue weighted by atomic mass is 16.6. The van der Waals surface area contributed by atoms with Gasteiger partial charge in [-0.1, -0.05) is 33.6 Å². The van der Waals surface area contributed by atoms with Crippen molar-refractivity contribution in [2.24, 2.45) is 46.3 Å². The van der Waals surface area contributed by atoms with Crippen LogP contribution in [0.3, 0.4) is 0 Å². The van der Waals surface area contributed by atoms with Crippen molar-refractivity contribution in [1.29, 1.82) is 0 Å². The summed E-state index contributed by atoms with van der Waals surface area (Å²) in [5, 5.41) is 155. The van der Waals surface area contributed by atoms with Crippen molar-refractivity contribution >= 4 is 71.8 Å². The van der Waals surface area contributed by atoms with Gasteiger partial charge in [0, 0.05) is 109 Å². The Kier molecular flexibility index (Phi) is 36.3.